The molecular formula is C38H49NO7. The number of fused-ring (bicyclic) bond motifs is 2. The van der Waals surface area contributed by atoms with Gasteiger partial charge in [0.2, 0.25) is 5.91 Å². The SMILES string of the molecule is COCCOCC(CC1(C(=O)N[C@H]2CC[C@@H](C(=O)Oc3ccc4c(c3)CCC4)CC2)CCCC1)C(=O)Oc1ccc2c(c1)CCC2. The van der Waals surface area contributed by atoms with E-state index in [4.69, 9.17) is 18.9 Å². The number of rotatable bonds is 13. The summed E-state index contributed by atoms with van der Waals surface area (Å²) in [5, 5.41) is 3.33. The van der Waals surface area contributed by atoms with Crippen LogP contribution in [0.15, 0.2) is 36.4 Å². The van der Waals surface area contributed by atoms with Crippen LogP contribution in [-0.2, 0) is 49.5 Å². The van der Waals surface area contributed by atoms with Crippen LogP contribution in [0.3, 0.4) is 0 Å². The third-order valence-electron chi connectivity index (χ3n) is 10.7. The summed E-state index contributed by atoms with van der Waals surface area (Å²) in [4.78, 5) is 40.6. The summed E-state index contributed by atoms with van der Waals surface area (Å²) in [5.74, 6) is -0.0433. The monoisotopic (exact) mass is 631 g/mol. The van der Waals surface area contributed by atoms with Crippen molar-refractivity contribution in [3.8, 4) is 11.5 Å². The Bertz CT molecular complexity index is 1390. The molecule has 0 aliphatic heterocycles. The number of benzene rings is 2. The summed E-state index contributed by atoms with van der Waals surface area (Å²) < 4.78 is 22.7. The van der Waals surface area contributed by atoms with Gasteiger partial charge in [-0.15, -0.1) is 0 Å². The van der Waals surface area contributed by atoms with Crippen molar-refractivity contribution in [2.24, 2.45) is 17.3 Å². The number of hydrogen-bond acceptors (Lipinski definition) is 7. The first-order valence-electron chi connectivity index (χ1n) is 17.5. The van der Waals surface area contributed by atoms with E-state index in [0.29, 0.717) is 44.0 Å². The van der Waals surface area contributed by atoms with Crippen LogP contribution in [-0.4, -0.2) is 50.8 Å². The lowest BCUT2D eigenvalue weighted by molar-refractivity contribution is -0.144. The minimum absolute atomic E-state index is 0.00351. The molecule has 1 atom stereocenters. The van der Waals surface area contributed by atoms with Gasteiger partial charge in [-0.3, -0.25) is 14.4 Å². The van der Waals surface area contributed by atoms with Crippen LogP contribution < -0.4 is 14.8 Å². The van der Waals surface area contributed by atoms with Crippen LogP contribution in [0.1, 0.15) is 92.9 Å². The van der Waals surface area contributed by atoms with Crippen molar-refractivity contribution in [3.05, 3.63) is 58.7 Å². The van der Waals surface area contributed by atoms with Crippen LogP contribution in [0, 0.1) is 17.3 Å². The molecule has 1 unspecified atom stereocenters. The summed E-state index contributed by atoms with van der Waals surface area (Å²) in [7, 11) is 1.62. The predicted molar refractivity (Wildman–Crippen MR) is 174 cm³/mol. The lowest BCUT2D eigenvalue weighted by Crippen LogP contribution is -2.48. The Morgan fingerprint density at radius 3 is 2.02 bits per heavy atom. The van der Waals surface area contributed by atoms with Gasteiger partial charge in [0.05, 0.1) is 37.1 Å². The van der Waals surface area contributed by atoms with Crippen LogP contribution >= 0.6 is 0 Å². The second kappa shape index (κ2) is 15.1. The minimum atomic E-state index is -0.643. The first kappa shape index (κ1) is 32.7. The van der Waals surface area contributed by atoms with Gasteiger partial charge < -0.3 is 24.3 Å². The maximum atomic E-state index is 14.0. The van der Waals surface area contributed by atoms with Crippen LogP contribution in [0.5, 0.6) is 11.5 Å². The Morgan fingerprint density at radius 1 is 0.783 bits per heavy atom. The van der Waals surface area contributed by atoms with Gasteiger partial charge in [0, 0.05) is 13.2 Å². The molecule has 2 fully saturated rings. The molecule has 4 aliphatic carbocycles. The van der Waals surface area contributed by atoms with Crippen LogP contribution in [0.25, 0.3) is 0 Å². The van der Waals surface area contributed by atoms with Gasteiger partial charge in [-0.2, -0.15) is 0 Å². The molecule has 46 heavy (non-hydrogen) atoms. The predicted octanol–water partition coefficient (Wildman–Crippen LogP) is 6.08. The number of hydrogen-bond donors (Lipinski definition) is 1. The first-order valence-corrected chi connectivity index (χ1v) is 17.5. The standard InChI is InChI=1S/C38H49NO7/c1-43-20-21-44-25-31(36(41)46-34-17-13-27-7-5-9-30(27)23-34)24-38(18-2-3-19-38)37(42)39-32-14-10-28(11-15-32)35(40)45-33-16-12-26-6-4-8-29(26)22-33/h12-13,16-17,22-23,28,31-32H,2-11,14-15,18-21,24-25H2,1H3,(H,39,42)/t28-,31?,32+. The Hall–Kier alpha value is -3.23. The van der Waals surface area contributed by atoms with Gasteiger partial charge in [-0.05, 0) is 130 Å². The highest BCUT2D eigenvalue weighted by molar-refractivity contribution is 5.85. The van der Waals surface area contributed by atoms with Gasteiger partial charge in [0.25, 0.3) is 0 Å². The average molecular weight is 632 g/mol. The van der Waals surface area contributed by atoms with E-state index in [9.17, 15) is 14.4 Å². The van der Waals surface area contributed by atoms with E-state index in [2.05, 4.69) is 17.4 Å². The van der Waals surface area contributed by atoms with Crippen molar-refractivity contribution >= 4 is 17.8 Å². The van der Waals surface area contributed by atoms with E-state index in [1.807, 2.05) is 24.3 Å². The molecule has 0 heterocycles. The van der Waals surface area contributed by atoms with Crippen LogP contribution in [0.2, 0.25) is 0 Å². The highest BCUT2D eigenvalue weighted by Gasteiger charge is 2.45. The fraction of sp³-hybridized carbons (Fsp3) is 0.605. The number of carbonyl (C=O) groups is 3. The molecule has 2 saturated carbocycles. The van der Waals surface area contributed by atoms with E-state index in [1.165, 1.54) is 22.3 Å². The van der Waals surface area contributed by atoms with Crippen molar-refractivity contribution in [1.82, 2.24) is 5.32 Å². The zero-order chi connectivity index (χ0) is 31.9. The molecule has 2 aromatic rings. The summed E-state index contributed by atoms with van der Waals surface area (Å²) in [6.45, 7) is 0.984. The lowest BCUT2D eigenvalue weighted by Gasteiger charge is -2.34. The Kier molecular flexibility index (Phi) is 10.7. The van der Waals surface area contributed by atoms with Crippen molar-refractivity contribution in [2.45, 2.75) is 102 Å². The fourth-order valence-electron chi connectivity index (χ4n) is 8.06. The average Bonchev–Trinajstić information content (AvgIpc) is 3.84. The zero-order valence-corrected chi connectivity index (χ0v) is 27.3. The molecule has 4 aliphatic rings. The number of nitrogens with one attached hydrogen (secondary N) is 1. The van der Waals surface area contributed by atoms with Crippen LogP contribution in [0.4, 0.5) is 0 Å². The van der Waals surface area contributed by atoms with Crippen molar-refractivity contribution in [2.75, 3.05) is 26.9 Å². The number of methoxy groups -OCH3 is 1. The quantitative estimate of drug-likeness (QED) is 0.163. The maximum absolute atomic E-state index is 14.0. The summed E-state index contributed by atoms with van der Waals surface area (Å²) >= 11 is 0. The highest BCUT2D eigenvalue weighted by atomic mass is 16.5. The molecule has 1 amide bonds. The van der Waals surface area contributed by atoms with Gasteiger partial charge >= 0.3 is 11.9 Å². The Morgan fingerprint density at radius 2 is 1.39 bits per heavy atom. The fourth-order valence-corrected chi connectivity index (χ4v) is 8.06. The number of ether oxygens (including phenoxy) is 4. The molecule has 2 aromatic carbocycles. The molecule has 0 bridgehead atoms. The molecule has 0 radical (unpaired) electrons. The topological polar surface area (TPSA) is 100 Å². The minimum Gasteiger partial charge on any atom is -0.426 e. The smallest absolute Gasteiger partial charge is 0.316 e. The van der Waals surface area contributed by atoms with E-state index in [1.54, 1.807) is 7.11 Å². The first-order chi connectivity index (χ1) is 22.4. The number of esters is 2. The van der Waals surface area contributed by atoms with Gasteiger partial charge in [-0.1, -0.05) is 25.0 Å². The normalized spacial score (nSPS) is 22.1. The Balaban J connectivity index is 1.05. The van der Waals surface area contributed by atoms with Gasteiger partial charge in [0.1, 0.15) is 11.5 Å². The summed E-state index contributed by atoms with van der Waals surface area (Å²) in [6.07, 6.45) is 13.1. The Labute approximate surface area is 272 Å². The summed E-state index contributed by atoms with van der Waals surface area (Å²) in [6, 6.07) is 11.9. The van der Waals surface area contributed by atoms with Crippen molar-refractivity contribution in [1.29, 1.82) is 0 Å². The molecule has 1 N–H and O–H groups in total. The summed E-state index contributed by atoms with van der Waals surface area (Å²) in [5.41, 5.74) is 4.58. The molecule has 0 spiro atoms. The molecule has 248 valence electrons. The van der Waals surface area contributed by atoms with Crippen molar-refractivity contribution in [3.63, 3.8) is 0 Å². The van der Waals surface area contributed by atoms with E-state index >= 15 is 0 Å². The lowest BCUT2D eigenvalue weighted by atomic mass is 9.76. The third kappa shape index (κ3) is 7.83. The largest absolute Gasteiger partial charge is 0.426 e. The van der Waals surface area contributed by atoms with Gasteiger partial charge in [0.15, 0.2) is 0 Å². The molecule has 8 heteroatoms. The highest BCUT2D eigenvalue weighted by Crippen LogP contribution is 2.44. The second-order valence-corrected chi connectivity index (χ2v) is 13.9. The third-order valence-corrected chi connectivity index (χ3v) is 10.7. The second-order valence-electron chi connectivity index (χ2n) is 13.9. The molecule has 0 saturated heterocycles. The van der Waals surface area contributed by atoms with E-state index < -0.39 is 11.3 Å². The number of aryl methyl sites for hydroxylation is 4. The van der Waals surface area contributed by atoms with E-state index in [0.717, 1.165) is 77.0 Å². The zero-order valence-electron chi connectivity index (χ0n) is 27.3. The van der Waals surface area contributed by atoms with Gasteiger partial charge in [-0.25, -0.2) is 0 Å². The molecule has 8 nitrogen and oxygen atoms in total. The van der Waals surface area contributed by atoms with Crippen molar-refractivity contribution < 1.29 is 33.3 Å². The molecule has 6 rings (SSSR count). The molecule has 0 aromatic heterocycles. The number of carbonyl (C=O) groups excluding carboxylic acids is 3. The maximum Gasteiger partial charge on any atom is 0.316 e. The molecular weight excluding hydrogens is 582 g/mol. The van der Waals surface area contributed by atoms with E-state index in [-0.39, 0.29) is 36.4 Å². The number of amides is 1.